The lowest BCUT2D eigenvalue weighted by Crippen LogP contribution is -2.25. The van der Waals surface area contributed by atoms with Gasteiger partial charge in [0.1, 0.15) is 11.6 Å². The number of nitrogen functional groups attached to an aromatic ring is 1. The Morgan fingerprint density at radius 1 is 1.12 bits per heavy atom. The Morgan fingerprint density at radius 3 is 2.35 bits per heavy atom. The normalized spacial score (nSPS) is 13.6. The summed E-state index contributed by atoms with van der Waals surface area (Å²) >= 11 is 0. The SMILES string of the molecule is COc1cc(-n2c(N)c3c(cc2=O)C(=O)NC3=O)c(F)c(C(F)(F)F)c1. The number of carbonyl (C=O) groups excluding carboxylic acids is 2. The number of ether oxygens (including phenoxy) is 1. The highest BCUT2D eigenvalue weighted by Crippen LogP contribution is 2.37. The summed E-state index contributed by atoms with van der Waals surface area (Å²) in [6, 6.07) is 1.94. The van der Waals surface area contributed by atoms with E-state index >= 15 is 0 Å². The minimum Gasteiger partial charge on any atom is -0.497 e. The smallest absolute Gasteiger partial charge is 0.419 e. The molecule has 0 radical (unpaired) electrons. The molecular formula is C15H9F4N3O4. The number of methoxy groups -OCH3 is 1. The number of anilines is 1. The van der Waals surface area contributed by atoms with E-state index in [9.17, 15) is 31.9 Å². The Bertz CT molecular complexity index is 1030. The summed E-state index contributed by atoms with van der Waals surface area (Å²) in [5.74, 6) is -4.67. The van der Waals surface area contributed by atoms with Crippen LogP contribution in [0.15, 0.2) is 23.0 Å². The number of nitrogens with zero attached hydrogens (tertiary/aromatic N) is 1. The third-order valence-electron chi connectivity index (χ3n) is 3.76. The van der Waals surface area contributed by atoms with Crippen LogP contribution >= 0.6 is 0 Å². The lowest BCUT2D eigenvalue weighted by molar-refractivity contribution is -0.140. The van der Waals surface area contributed by atoms with Gasteiger partial charge in [-0.3, -0.25) is 24.3 Å². The van der Waals surface area contributed by atoms with Crippen molar-refractivity contribution < 1.29 is 31.9 Å². The third kappa shape index (κ3) is 2.48. The van der Waals surface area contributed by atoms with Gasteiger partial charge in [-0.15, -0.1) is 0 Å². The van der Waals surface area contributed by atoms with Gasteiger partial charge in [-0.1, -0.05) is 0 Å². The van der Waals surface area contributed by atoms with E-state index in [4.69, 9.17) is 10.5 Å². The first-order valence-electron chi connectivity index (χ1n) is 6.92. The molecule has 2 aromatic rings. The van der Waals surface area contributed by atoms with E-state index < -0.39 is 52.0 Å². The number of rotatable bonds is 2. The molecule has 136 valence electrons. The lowest BCUT2D eigenvalue weighted by atomic mass is 10.1. The molecule has 11 heteroatoms. The molecule has 0 saturated heterocycles. The molecule has 0 spiro atoms. The van der Waals surface area contributed by atoms with E-state index in [1.54, 1.807) is 0 Å². The molecule has 1 aromatic carbocycles. The molecule has 2 heterocycles. The van der Waals surface area contributed by atoms with Crippen LogP contribution in [0.3, 0.4) is 0 Å². The van der Waals surface area contributed by atoms with Crippen LogP contribution in [0.4, 0.5) is 23.4 Å². The average Bonchev–Trinajstić information content (AvgIpc) is 2.82. The summed E-state index contributed by atoms with van der Waals surface area (Å²) in [4.78, 5) is 35.7. The van der Waals surface area contributed by atoms with Gasteiger partial charge in [0.25, 0.3) is 17.4 Å². The van der Waals surface area contributed by atoms with Gasteiger partial charge in [-0.2, -0.15) is 13.2 Å². The monoisotopic (exact) mass is 371 g/mol. The summed E-state index contributed by atoms with van der Waals surface area (Å²) in [6.07, 6.45) is -5.07. The number of halogens is 4. The third-order valence-corrected chi connectivity index (χ3v) is 3.76. The van der Waals surface area contributed by atoms with Gasteiger partial charge in [0.05, 0.1) is 29.5 Å². The van der Waals surface area contributed by atoms with Gasteiger partial charge in [-0.05, 0) is 6.07 Å². The Kier molecular flexibility index (Phi) is 3.74. The Hall–Kier alpha value is -3.37. The number of hydrogen-bond donors (Lipinski definition) is 2. The summed E-state index contributed by atoms with van der Waals surface area (Å²) in [6.45, 7) is 0. The van der Waals surface area contributed by atoms with Gasteiger partial charge >= 0.3 is 6.18 Å². The highest BCUT2D eigenvalue weighted by molar-refractivity contribution is 6.23. The summed E-state index contributed by atoms with van der Waals surface area (Å²) in [7, 11) is 1.05. The Balaban J connectivity index is 2.39. The van der Waals surface area contributed by atoms with Gasteiger partial charge in [-0.25, -0.2) is 4.39 Å². The largest absolute Gasteiger partial charge is 0.497 e. The van der Waals surface area contributed by atoms with Crippen molar-refractivity contribution in [1.82, 2.24) is 9.88 Å². The number of nitrogens with two attached hydrogens (primary N) is 1. The summed E-state index contributed by atoms with van der Waals surface area (Å²) in [5.41, 5.74) is 1.30. The van der Waals surface area contributed by atoms with Crippen molar-refractivity contribution in [2.24, 2.45) is 0 Å². The molecule has 0 aliphatic carbocycles. The van der Waals surface area contributed by atoms with Gasteiger partial charge in [0.2, 0.25) is 0 Å². The van der Waals surface area contributed by atoms with E-state index in [0.717, 1.165) is 13.2 Å². The number of imide groups is 1. The molecule has 0 bridgehead atoms. The minimum absolute atomic E-state index is 0.340. The lowest BCUT2D eigenvalue weighted by Gasteiger charge is -2.17. The number of carbonyl (C=O) groups is 2. The second-order valence-electron chi connectivity index (χ2n) is 5.28. The first kappa shape index (κ1) is 17.5. The van der Waals surface area contributed by atoms with Crippen molar-refractivity contribution in [3.8, 4) is 11.4 Å². The predicted octanol–water partition coefficient (Wildman–Crippen LogP) is 1.47. The average molecular weight is 371 g/mol. The molecular weight excluding hydrogens is 362 g/mol. The second kappa shape index (κ2) is 5.58. The number of pyridine rings is 1. The molecule has 2 amide bonds. The second-order valence-corrected chi connectivity index (χ2v) is 5.28. The minimum atomic E-state index is -5.07. The molecule has 7 nitrogen and oxygen atoms in total. The van der Waals surface area contributed by atoms with E-state index in [0.29, 0.717) is 16.7 Å². The molecule has 26 heavy (non-hydrogen) atoms. The van der Waals surface area contributed by atoms with Crippen molar-refractivity contribution in [1.29, 1.82) is 0 Å². The fourth-order valence-electron chi connectivity index (χ4n) is 2.60. The van der Waals surface area contributed by atoms with Crippen molar-refractivity contribution in [2.75, 3.05) is 12.8 Å². The van der Waals surface area contributed by atoms with Gasteiger partial charge < -0.3 is 10.5 Å². The van der Waals surface area contributed by atoms with E-state index in [1.165, 1.54) is 0 Å². The zero-order valence-corrected chi connectivity index (χ0v) is 12.9. The van der Waals surface area contributed by atoms with Crippen LogP contribution in [-0.2, 0) is 6.18 Å². The molecule has 0 saturated carbocycles. The van der Waals surface area contributed by atoms with Gasteiger partial charge in [0.15, 0.2) is 5.82 Å². The first-order chi connectivity index (χ1) is 12.1. The van der Waals surface area contributed by atoms with Crippen molar-refractivity contribution in [3.05, 3.63) is 51.1 Å². The fraction of sp³-hybridized carbons (Fsp3) is 0.133. The zero-order chi connectivity index (χ0) is 19.4. The van der Waals surface area contributed by atoms with Crippen LogP contribution in [0.2, 0.25) is 0 Å². The van der Waals surface area contributed by atoms with Crippen molar-refractivity contribution >= 4 is 17.6 Å². The van der Waals surface area contributed by atoms with Gasteiger partial charge in [0, 0.05) is 12.1 Å². The number of nitrogens with one attached hydrogen (secondary N) is 1. The molecule has 1 aromatic heterocycles. The predicted molar refractivity (Wildman–Crippen MR) is 79.8 cm³/mol. The number of alkyl halides is 3. The maximum absolute atomic E-state index is 14.5. The Morgan fingerprint density at radius 2 is 1.77 bits per heavy atom. The van der Waals surface area contributed by atoms with Crippen molar-refractivity contribution in [2.45, 2.75) is 6.18 Å². The number of aromatic nitrogens is 1. The molecule has 0 fully saturated rings. The summed E-state index contributed by atoms with van der Waals surface area (Å²) < 4.78 is 58.8. The fourth-order valence-corrected chi connectivity index (χ4v) is 2.60. The molecule has 1 aliphatic heterocycles. The Labute approximate surface area is 142 Å². The highest BCUT2D eigenvalue weighted by atomic mass is 19.4. The van der Waals surface area contributed by atoms with Crippen LogP contribution in [-0.4, -0.2) is 23.5 Å². The van der Waals surface area contributed by atoms with Crippen LogP contribution in [0, 0.1) is 5.82 Å². The number of benzene rings is 1. The highest BCUT2D eigenvalue weighted by Gasteiger charge is 2.38. The van der Waals surface area contributed by atoms with E-state index in [-0.39, 0.29) is 11.3 Å². The number of hydrogen-bond acceptors (Lipinski definition) is 5. The van der Waals surface area contributed by atoms with E-state index in [1.807, 2.05) is 5.32 Å². The van der Waals surface area contributed by atoms with Crippen LogP contribution in [0.1, 0.15) is 26.3 Å². The topological polar surface area (TPSA) is 103 Å². The molecule has 0 atom stereocenters. The van der Waals surface area contributed by atoms with Crippen LogP contribution in [0.5, 0.6) is 5.75 Å². The standard InChI is InChI=1S/C15H9F4N3O4/c1-26-5-2-7(15(17,18)19)11(16)8(3-5)22-9(23)4-6-10(12(22)20)14(25)21-13(6)24/h2-4H,20H2,1H3,(H,21,24,25). The number of amides is 2. The summed E-state index contributed by atoms with van der Waals surface area (Å²) in [5, 5.41) is 1.89. The first-order valence-corrected chi connectivity index (χ1v) is 6.92. The maximum Gasteiger partial charge on any atom is 0.419 e. The molecule has 3 N–H and O–H groups in total. The maximum atomic E-state index is 14.5. The molecule has 1 aliphatic rings. The number of fused-ring (bicyclic) bond motifs is 1. The van der Waals surface area contributed by atoms with Crippen LogP contribution < -0.4 is 21.3 Å². The van der Waals surface area contributed by atoms with E-state index in [2.05, 4.69) is 0 Å². The zero-order valence-electron chi connectivity index (χ0n) is 12.9. The molecule has 0 unspecified atom stereocenters. The van der Waals surface area contributed by atoms with Crippen molar-refractivity contribution in [3.63, 3.8) is 0 Å². The molecule has 3 rings (SSSR count). The quantitative estimate of drug-likeness (QED) is 0.615. The van der Waals surface area contributed by atoms with Crippen LogP contribution in [0.25, 0.3) is 5.69 Å².